The molecule has 0 N–H and O–H groups in total. The number of carbonyl (C=O) groups excluding carboxylic acids is 1. The van der Waals surface area contributed by atoms with E-state index in [4.69, 9.17) is 9.47 Å². The van der Waals surface area contributed by atoms with Gasteiger partial charge in [-0.25, -0.2) is 0 Å². The summed E-state index contributed by atoms with van der Waals surface area (Å²) in [5, 5.41) is 0. The van der Waals surface area contributed by atoms with Crippen LogP contribution in [0.4, 0.5) is 0 Å². The van der Waals surface area contributed by atoms with E-state index in [2.05, 4.69) is 29.2 Å². The van der Waals surface area contributed by atoms with Crippen molar-refractivity contribution in [1.82, 2.24) is 9.80 Å². The maximum atomic E-state index is 13.0. The molecular formula is C23H28N2O3. The van der Waals surface area contributed by atoms with Crippen molar-refractivity contribution in [2.24, 2.45) is 0 Å². The lowest BCUT2D eigenvalue weighted by Gasteiger charge is -2.41. The first-order valence-corrected chi connectivity index (χ1v) is 10.1. The average molecular weight is 380 g/mol. The first-order valence-electron chi connectivity index (χ1n) is 10.1. The van der Waals surface area contributed by atoms with E-state index in [9.17, 15) is 4.79 Å². The molecule has 1 amide bonds. The maximum Gasteiger partial charge on any atom is 0.260 e. The zero-order valence-corrected chi connectivity index (χ0v) is 16.4. The molecule has 2 aliphatic rings. The molecule has 2 aromatic rings. The zero-order chi connectivity index (χ0) is 19.3. The highest BCUT2D eigenvalue weighted by molar-refractivity contribution is 5.78. The summed E-state index contributed by atoms with van der Waals surface area (Å²) in [5.74, 6) is 1.30. The minimum atomic E-state index is 0.0368. The normalized spacial score (nSPS) is 20.0. The van der Waals surface area contributed by atoms with E-state index < -0.39 is 0 Å². The fourth-order valence-electron chi connectivity index (χ4n) is 4.00. The lowest BCUT2D eigenvalue weighted by Crippen LogP contribution is -2.57. The second kappa shape index (κ2) is 8.65. The van der Waals surface area contributed by atoms with E-state index in [1.807, 2.05) is 35.2 Å². The third-order valence-corrected chi connectivity index (χ3v) is 5.63. The quantitative estimate of drug-likeness (QED) is 0.741. The number of hydrogen-bond donors (Lipinski definition) is 0. The van der Waals surface area contributed by atoms with E-state index in [-0.39, 0.29) is 18.6 Å². The van der Waals surface area contributed by atoms with Gasteiger partial charge >= 0.3 is 0 Å². The molecule has 5 heteroatoms. The zero-order valence-electron chi connectivity index (χ0n) is 16.4. The standard InChI is InChI=1S/C23H28N2O3/c1-27-21-9-5-6-10-22(21)28-17-23(26)25-14-13-24(19-11-12-19)16-20(25)15-18-7-3-2-4-8-18/h2-10,19-20H,11-17H2,1H3. The third kappa shape index (κ3) is 4.47. The summed E-state index contributed by atoms with van der Waals surface area (Å²) in [7, 11) is 1.61. The van der Waals surface area contributed by atoms with Crippen LogP contribution in [0.3, 0.4) is 0 Å². The van der Waals surface area contributed by atoms with Crippen molar-refractivity contribution in [2.75, 3.05) is 33.4 Å². The Labute approximate surface area is 166 Å². The molecule has 28 heavy (non-hydrogen) atoms. The number of carbonyl (C=O) groups is 1. The molecular weight excluding hydrogens is 352 g/mol. The Hall–Kier alpha value is -2.53. The van der Waals surface area contributed by atoms with Gasteiger partial charge in [-0.2, -0.15) is 0 Å². The molecule has 2 aromatic carbocycles. The Morgan fingerprint density at radius 3 is 2.43 bits per heavy atom. The van der Waals surface area contributed by atoms with Gasteiger partial charge in [0.05, 0.1) is 7.11 Å². The van der Waals surface area contributed by atoms with Gasteiger partial charge in [0.25, 0.3) is 5.91 Å². The van der Waals surface area contributed by atoms with Gasteiger partial charge < -0.3 is 14.4 Å². The van der Waals surface area contributed by atoms with Crippen molar-refractivity contribution in [3.63, 3.8) is 0 Å². The van der Waals surface area contributed by atoms with Gasteiger partial charge in [0.2, 0.25) is 0 Å². The minimum Gasteiger partial charge on any atom is -0.493 e. The van der Waals surface area contributed by atoms with Gasteiger partial charge in [-0.3, -0.25) is 9.69 Å². The Kier molecular flexibility index (Phi) is 5.81. The van der Waals surface area contributed by atoms with Gasteiger partial charge in [0.15, 0.2) is 18.1 Å². The van der Waals surface area contributed by atoms with Crippen molar-refractivity contribution >= 4 is 5.91 Å². The average Bonchev–Trinajstić information content (AvgIpc) is 3.58. The topological polar surface area (TPSA) is 42.0 Å². The van der Waals surface area contributed by atoms with Gasteiger partial charge in [0.1, 0.15) is 0 Å². The molecule has 0 bridgehead atoms. The second-order valence-electron chi connectivity index (χ2n) is 7.60. The monoisotopic (exact) mass is 380 g/mol. The van der Waals surface area contributed by atoms with Crippen LogP contribution in [0.25, 0.3) is 0 Å². The van der Waals surface area contributed by atoms with Crippen molar-refractivity contribution in [3.05, 3.63) is 60.2 Å². The number of benzene rings is 2. The fourth-order valence-corrected chi connectivity index (χ4v) is 4.00. The molecule has 0 spiro atoms. The number of piperazine rings is 1. The molecule has 1 unspecified atom stereocenters. The Morgan fingerprint density at radius 1 is 1.00 bits per heavy atom. The molecule has 1 atom stereocenters. The predicted octanol–water partition coefficient (Wildman–Crippen LogP) is 2.99. The van der Waals surface area contributed by atoms with Crippen molar-refractivity contribution < 1.29 is 14.3 Å². The smallest absolute Gasteiger partial charge is 0.260 e. The second-order valence-corrected chi connectivity index (χ2v) is 7.60. The highest BCUT2D eigenvalue weighted by Crippen LogP contribution is 2.30. The van der Waals surface area contributed by atoms with Crippen LogP contribution in [0.15, 0.2) is 54.6 Å². The predicted molar refractivity (Wildman–Crippen MR) is 109 cm³/mol. The van der Waals surface area contributed by atoms with Crippen LogP contribution < -0.4 is 9.47 Å². The van der Waals surface area contributed by atoms with Crippen LogP contribution in [0.2, 0.25) is 0 Å². The summed E-state index contributed by atoms with van der Waals surface area (Å²) in [4.78, 5) is 17.6. The van der Waals surface area contributed by atoms with E-state index in [0.717, 1.165) is 32.1 Å². The van der Waals surface area contributed by atoms with Crippen molar-refractivity contribution in [1.29, 1.82) is 0 Å². The van der Waals surface area contributed by atoms with E-state index in [0.29, 0.717) is 11.5 Å². The number of rotatable bonds is 7. The summed E-state index contributed by atoms with van der Waals surface area (Å²) >= 11 is 0. The molecule has 4 rings (SSSR count). The summed E-state index contributed by atoms with van der Waals surface area (Å²) in [6, 6.07) is 18.8. The molecule has 1 saturated heterocycles. The molecule has 148 valence electrons. The lowest BCUT2D eigenvalue weighted by molar-refractivity contribution is -0.138. The third-order valence-electron chi connectivity index (χ3n) is 5.63. The van der Waals surface area contributed by atoms with E-state index >= 15 is 0 Å². The highest BCUT2D eigenvalue weighted by Gasteiger charge is 2.37. The number of amides is 1. The molecule has 0 aromatic heterocycles. The van der Waals surface area contributed by atoms with Gasteiger partial charge in [-0.15, -0.1) is 0 Å². The molecule has 1 heterocycles. The van der Waals surface area contributed by atoms with Crippen molar-refractivity contribution in [2.45, 2.75) is 31.3 Å². The van der Waals surface area contributed by atoms with E-state index in [1.165, 1.54) is 18.4 Å². The first kappa shape index (κ1) is 18.8. The minimum absolute atomic E-state index is 0.0368. The molecule has 2 fully saturated rings. The maximum absolute atomic E-state index is 13.0. The number of methoxy groups -OCH3 is 1. The molecule has 1 aliphatic heterocycles. The van der Waals surface area contributed by atoms with Crippen LogP contribution >= 0.6 is 0 Å². The van der Waals surface area contributed by atoms with Gasteiger partial charge in [0, 0.05) is 31.7 Å². The molecule has 1 saturated carbocycles. The van der Waals surface area contributed by atoms with Crippen LogP contribution in [0, 0.1) is 0 Å². The van der Waals surface area contributed by atoms with Gasteiger partial charge in [-0.1, -0.05) is 42.5 Å². The summed E-state index contributed by atoms with van der Waals surface area (Å²) in [6.45, 7) is 2.70. The van der Waals surface area contributed by atoms with E-state index in [1.54, 1.807) is 7.11 Å². The summed E-state index contributed by atoms with van der Waals surface area (Å²) in [5.41, 5.74) is 1.27. The summed E-state index contributed by atoms with van der Waals surface area (Å²) < 4.78 is 11.1. The molecule has 5 nitrogen and oxygen atoms in total. The number of nitrogens with zero attached hydrogens (tertiary/aromatic N) is 2. The van der Waals surface area contributed by atoms with Crippen LogP contribution in [-0.2, 0) is 11.2 Å². The lowest BCUT2D eigenvalue weighted by atomic mass is 10.0. The fraction of sp³-hybridized carbons (Fsp3) is 0.435. The highest BCUT2D eigenvalue weighted by atomic mass is 16.5. The van der Waals surface area contributed by atoms with Crippen LogP contribution in [0.1, 0.15) is 18.4 Å². The Balaban J connectivity index is 1.43. The first-order chi connectivity index (χ1) is 13.7. The molecule has 0 radical (unpaired) electrons. The number of hydrogen-bond acceptors (Lipinski definition) is 4. The number of ether oxygens (including phenoxy) is 2. The summed E-state index contributed by atoms with van der Waals surface area (Å²) in [6.07, 6.45) is 3.47. The van der Waals surface area contributed by atoms with Crippen molar-refractivity contribution in [3.8, 4) is 11.5 Å². The Bertz CT molecular complexity index is 791. The number of para-hydroxylation sites is 2. The largest absolute Gasteiger partial charge is 0.493 e. The van der Waals surface area contributed by atoms with Crippen LogP contribution in [-0.4, -0.2) is 61.1 Å². The molecule has 1 aliphatic carbocycles. The van der Waals surface area contributed by atoms with Gasteiger partial charge in [-0.05, 0) is 37.0 Å². The SMILES string of the molecule is COc1ccccc1OCC(=O)N1CCN(C2CC2)CC1Cc1ccccc1. The van der Waals surface area contributed by atoms with Crippen LogP contribution in [0.5, 0.6) is 11.5 Å². The Morgan fingerprint density at radius 2 is 1.71 bits per heavy atom.